The standard InChI is InChI=1S/C11H15N3O3/c1-3-14(7-9(15)12-2)10-8(11(16)17)5-4-6-13-10/h4-6H,3,7H2,1-2H3,(H,12,15)(H,16,17). The third-order valence-electron chi connectivity index (χ3n) is 2.31. The Kier molecular flexibility index (Phi) is 4.45. The SMILES string of the molecule is CCN(CC(=O)NC)c1ncccc1C(=O)O. The summed E-state index contributed by atoms with van der Waals surface area (Å²) in [6, 6.07) is 3.03. The second kappa shape index (κ2) is 5.83. The molecule has 6 nitrogen and oxygen atoms in total. The first-order valence-electron chi connectivity index (χ1n) is 5.24. The van der Waals surface area contributed by atoms with Crippen molar-refractivity contribution >= 4 is 17.7 Å². The van der Waals surface area contributed by atoms with Gasteiger partial charge in [0.1, 0.15) is 11.4 Å². The first kappa shape index (κ1) is 13.0. The summed E-state index contributed by atoms with van der Waals surface area (Å²) in [5.74, 6) is -0.927. The van der Waals surface area contributed by atoms with E-state index in [2.05, 4.69) is 10.3 Å². The lowest BCUT2D eigenvalue weighted by Crippen LogP contribution is -2.36. The molecule has 1 amide bonds. The van der Waals surface area contributed by atoms with Crippen LogP contribution >= 0.6 is 0 Å². The van der Waals surface area contributed by atoms with E-state index in [1.807, 2.05) is 6.92 Å². The topological polar surface area (TPSA) is 82.5 Å². The van der Waals surface area contributed by atoms with Crippen molar-refractivity contribution in [3.05, 3.63) is 23.9 Å². The zero-order valence-electron chi connectivity index (χ0n) is 9.80. The van der Waals surface area contributed by atoms with Crippen LogP contribution in [0.4, 0.5) is 5.82 Å². The van der Waals surface area contributed by atoms with E-state index in [4.69, 9.17) is 5.11 Å². The number of carbonyl (C=O) groups excluding carboxylic acids is 1. The molecule has 0 radical (unpaired) electrons. The number of hydrogen-bond donors (Lipinski definition) is 2. The summed E-state index contributed by atoms with van der Waals surface area (Å²) in [7, 11) is 1.53. The summed E-state index contributed by atoms with van der Waals surface area (Å²) in [6.45, 7) is 2.43. The van der Waals surface area contributed by atoms with Crippen LogP contribution in [0.1, 0.15) is 17.3 Å². The molecule has 17 heavy (non-hydrogen) atoms. The van der Waals surface area contributed by atoms with Crippen molar-refractivity contribution in [2.24, 2.45) is 0 Å². The van der Waals surface area contributed by atoms with E-state index in [-0.39, 0.29) is 18.0 Å². The van der Waals surface area contributed by atoms with Crippen LogP contribution in [-0.2, 0) is 4.79 Å². The molecule has 1 aromatic rings. The minimum Gasteiger partial charge on any atom is -0.478 e. The number of nitrogens with one attached hydrogen (secondary N) is 1. The molecule has 1 heterocycles. The third kappa shape index (κ3) is 3.17. The Morgan fingerprint density at radius 3 is 2.76 bits per heavy atom. The number of carbonyl (C=O) groups is 2. The first-order chi connectivity index (χ1) is 8.10. The van der Waals surface area contributed by atoms with E-state index in [0.717, 1.165) is 0 Å². The largest absolute Gasteiger partial charge is 0.478 e. The van der Waals surface area contributed by atoms with Gasteiger partial charge in [-0.3, -0.25) is 4.79 Å². The molecule has 2 N–H and O–H groups in total. The molecule has 0 aliphatic rings. The van der Waals surface area contributed by atoms with Crippen molar-refractivity contribution < 1.29 is 14.7 Å². The Balaban J connectivity index is 3.03. The summed E-state index contributed by atoms with van der Waals surface area (Å²) in [4.78, 5) is 28.0. The van der Waals surface area contributed by atoms with Crippen molar-refractivity contribution in [2.75, 3.05) is 25.0 Å². The van der Waals surface area contributed by atoms with Gasteiger partial charge in [0.05, 0.1) is 6.54 Å². The van der Waals surface area contributed by atoms with Crippen molar-refractivity contribution in [1.29, 1.82) is 0 Å². The molecular formula is C11H15N3O3. The lowest BCUT2D eigenvalue weighted by molar-refractivity contribution is -0.119. The first-order valence-corrected chi connectivity index (χ1v) is 5.24. The highest BCUT2D eigenvalue weighted by Gasteiger charge is 2.17. The highest BCUT2D eigenvalue weighted by Crippen LogP contribution is 2.16. The predicted molar refractivity (Wildman–Crippen MR) is 63.2 cm³/mol. The van der Waals surface area contributed by atoms with Crippen molar-refractivity contribution in [2.45, 2.75) is 6.92 Å². The zero-order valence-corrected chi connectivity index (χ0v) is 9.80. The average molecular weight is 237 g/mol. The van der Waals surface area contributed by atoms with E-state index in [1.165, 1.54) is 19.3 Å². The number of anilines is 1. The fourth-order valence-electron chi connectivity index (χ4n) is 1.40. The smallest absolute Gasteiger partial charge is 0.339 e. The molecule has 6 heteroatoms. The van der Waals surface area contributed by atoms with Gasteiger partial charge in [0, 0.05) is 19.8 Å². The number of carboxylic acids is 1. The second-order valence-corrected chi connectivity index (χ2v) is 3.37. The summed E-state index contributed by atoms with van der Waals surface area (Å²) in [6.07, 6.45) is 1.51. The third-order valence-corrected chi connectivity index (χ3v) is 2.31. The van der Waals surface area contributed by atoms with Crippen LogP contribution in [0.25, 0.3) is 0 Å². The van der Waals surface area contributed by atoms with Crippen molar-refractivity contribution in [1.82, 2.24) is 10.3 Å². The Hall–Kier alpha value is -2.11. The Labute approximate surface area is 99.3 Å². The summed E-state index contributed by atoms with van der Waals surface area (Å²) in [5, 5.41) is 11.5. The molecule has 0 aliphatic carbocycles. The van der Waals surface area contributed by atoms with Crippen LogP contribution in [0, 0.1) is 0 Å². The lowest BCUT2D eigenvalue weighted by atomic mass is 10.2. The number of nitrogens with zero attached hydrogens (tertiary/aromatic N) is 2. The van der Waals surface area contributed by atoms with E-state index in [0.29, 0.717) is 12.4 Å². The average Bonchev–Trinajstić information content (AvgIpc) is 2.35. The molecule has 0 fully saturated rings. The predicted octanol–water partition coefficient (Wildman–Crippen LogP) is 0.352. The number of likely N-dealkylation sites (N-methyl/N-ethyl adjacent to an activating group) is 2. The van der Waals surface area contributed by atoms with Crippen LogP contribution in [-0.4, -0.2) is 42.1 Å². The molecule has 92 valence electrons. The number of hydrogen-bond acceptors (Lipinski definition) is 4. The van der Waals surface area contributed by atoms with Gasteiger partial charge < -0.3 is 15.3 Å². The molecule has 0 saturated heterocycles. The van der Waals surface area contributed by atoms with Crippen molar-refractivity contribution in [3.8, 4) is 0 Å². The number of rotatable bonds is 5. The van der Waals surface area contributed by atoms with Crippen LogP contribution in [0.5, 0.6) is 0 Å². The van der Waals surface area contributed by atoms with Gasteiger partial charge in [-0.05, 0) is 19.1 Å². The molecule has 1 aromatic heterocycles. The van der Waals surface area contributed by atoms with Crippen LogP contribution in [0.2, 0.25) is 0 Å². The highest BCUT2D eigenvalue weighted by atomic mass is 16.4. The Bertz CT molecular complexity index is 420. The fourth-order valence-corrected chi connectivity index (χ4v) is 1.40. The minimum absolute atomic E-state index is 0.0876. The van der Waals surface area contributed by atoms with Gasteiger partial charge in [0.15, 0.2) is 0 Å². The van der Waals surface area contributed by atoms with E-state index >= 15 is 0 Å². The van der Waals surface area contributed by atoms with Gasteiger partial charge in [-0.1, -0.05) is 0 Å². The summed E-state index contributed by atoms with van der Waals surface area (Å²) in [5.41, 5.74) is 0.0956. The minimum atomic E-state index is -1.05. The van der Waals surface area contributed by atoms with Gasteiger partial charge in [0.2, 0.25) is 5.91 Å². The number of aromatic nitrogens is 1. The quantitative estimate of drug-likeness (QED) is 0.772. The van der Waals surface area contributed by atoms with E-state index in [9.17, 15) is 9.59 Å². The van der Waals surface area contributed by atoms with Gasteiger partial charge in [0.25, 0.3) is 0 Å². The van der Waals surface area contributed by atoms with Crippen molar-refractivity contribution in [3.63, 3.8) is 0 Å². The molecule has 1 rings (SSSR count). The monoisotopic (exact) mass is 237 g/mol. The maximum atomic E-state index is 11.3. The molecule has 0 saturated carbocycles. The normalized spacial score (nSPS) is 9.76. The van der Waals surface area contributed by atoms with Crippen LogP contribution < -0.4 is 10.2 Å². The molecule has 0 bridgehead atoms. The molecule has 0 spiro atoms. The number of amides is 1. The molecule has 0 unspecified atom stereocenters. The van der Waals surface area contributed by atoms with E-state index in [1.54, 1.807) is 11.0 Å². The summed E-state index contributed by atoms with van der Waals surface area (Å²) < 4.78 is 0. The van der Waals surface area contributed by atoms with Crippen LogP contribution in [0.3, 0.4) is 0 Å². The molecular weight excluding hydrogens is 222 g/mol. The zero-order chi connectivity index (χ0) is 12.8. The summed E-state index contributed by atoms with van der Waals surface area (Å²) >= 11 is 0. The van der Waals surface area contributed by atoms with Gasteiger partial charge in [-0.25, -0.2) is 9.78 Å². The fraction of sp³-hybridized carbons (Fsp3) is 0.364. The van der Waals surface area contributed by atoms with Gasteiger partial charge in [-0.15, -0.1) is 0 Å². The Morgan fingerprint density at radius 1 is 1.53 bits per heavy atom. The molecule has 0 atom stereocenters. The maximum absolute atomic E-state index is 11.3. The Morgan fingerprint density at radius 2 is 2.24 bits per heavy atom. The van der Waals surface area contributed by atoms with Gasteiger partial charge in [-0.2, -0.15) is 0 Å². The van der Waals surface area contributed by atoms with Crippen LogP contribution in [0.15, 0.2) is 18.3 Å². The van der Waals surface area contributed by atoms with E-state index < -0.39 is 5.97 Å². The molecule has 0 aromatic carbocycles. The number of aromatic carboxylic acids is 1. The second-order valence-electron chi connectivity index (χ2n) is 3.37. The van der Waals surface area contributed by atoms with Gasteiger partial charge >= 0.3 is 5.97 Å². The lowest BCUT2D eigenvalue weighted by Gasteiger charge is -2.22. The number of carboxylic acid groups (broad SMARTS) is 1. The number of pyridine rings is 1. The molecule has 0 aliphatic heterocycles. The highest BCUT2D eigenvalue weighted by molar-refractivity contribution is 5.94. The maximum Gasteiger partial charge on any atom is 0.339 e.